The second-order valence-corrected chi connectivity index (χ2v) is 9.00. The molecule has 5 rings (SSSR count). The monoisotopic (exact) mass is 413 g/mol. The number of ether oxygens (including phenoxy) is 2. The lowest BCUT2D eigenvalue weighted by molar-refractivity contribution is -0.158. The molecule has 8 nitrogen and oxygen atoms in total. The summed E-state index contributed by atoms with van der Waals surface area (Å²) in [4.78, 5) is 13.4. The summed E-state index contributed by atoms with van der Waals surface area (Å²) >= 11 is 1.58. The van der Waals surface area contributed by atoms with E-state index >= 15 is 0 Å². The highest BCUT2D eigenvalue weighted by Gasteiger charge is 2.53. The first-order valence-electron chi connectivity index (χ1n) is 9.65. The van der Waals surface area contributed by atoms with Gasteiger partial charge in [-0.2, -0.15) is 4.98 Å². The third kappa shape index (κ3) is 3.33. The number of anilines is 2. The molecule has 0 radical (unpaired) electrons. The topological polar surface area (TPSA) is 115 Å². The van der Waals surface area contributed by atoms with E-state index in [2.05, 4.69) is 15.3 Å². The predicted molar refractivity (Wildman–Crippen MR) is 111 cm³/mol. The summed E-state index contributed by atoms with van der Waals surface area (Å²) in [6.07, 6.45) is 2.08. The van der Waals surface area contributed by atoms with Gasteiger partial charge in [-0.3, -0.25) is 0 Å². The van der Waals surface area contributed by atoms with Crippen molar-refractivity contribution in [2.24, 2.45) is 5.92 Å². The second kappa shape index (κ2) is 6.88. The average Bonchev–Trinajstić information content (AvgIpc) is 3.33. The van der Waals surface area contributed by atoms with Gasteiger partial charge in [0.15, 0.2) is 5.79 Å². The maximum atomic E-state index is 9.81. The number of nitrogens with one attached hydrogen (secondary N) is 1. The summed E-state index contributed by atoms with van der Waals surface area (Å²) in [5.74, 6) is 0.134. The summed E-state index contributed by atoms with van der Waals surface area (Å²) in [6, 6.07) is 7.93. The van der Waals surface area contributed by atoms with Crippen LogP contribution in [0, 0.1) is 5.92 Å². The number of hydrogen-bond acceptors (Lipinski definition) is 9. The molecule has 0 amide bonds. The smallest absolute Gasteiger partial charge is 0.221 e. The maximum Gasteiger partial charge on any atom is 0.221 e. The van der Waals surface area contributed by atoms with E-state index in [1.165, 1.54) is 0 Å². The van der Waals surface area contributed by atoms with E-state index in [-0.39, 0.29) is 36.7 Å². The number of aromatic nitrogens is 3. The van der Waals surface area contributed by atoms with Crippen molar-refractivity contribution in [2.45, 2.75) is 44.3 Å². The van der Waals surface area contributed by atoms with Crippen LogP contribution in [-0.4, -0.2) is 50.7 Å². The normalized spacial score (nSPS) is 28.0. The molecule has 3 heterocycles. The molecule has 152 valence electrons. The largest absolute Gasteiger partial charge is 0.396 e. The highest BCUT2D eigenvalue weighted by atomic mass is 32.1. The van der Waals surface area contributed by atoms with Crippen molar-refractivity contribution in [3.05, 3.63) is 30.5 Å². The zero-order valence-electron chi connectivity index (χ0n) is 16.2. The number of nitrogen functional groups attached to an aromatic ring is 1. The summed E-state index contributed by atoms with van der Waals surface area (Å²) < 4.78 is 13.3. The zero-order valence-corrected chi connectivity index (χ0v) is 17.0. The number of rotatable bonds is 4. The first kappa shape index (κ1) is 18.7. The number of thiazole rings is 1. The van der Waals surface area contributed by atoms with E-state index in [0.29, 0.717) is 12.2 Å². The van der Waals surface area contributed by atoms with Gasteiger partial charge in [-0.05, 0) is 32.4 Å². The van der Waals surface area contributed by atoms with Crippen molar-refractivity contribution in [2.75, 3.05) is 17.7 Å². The Morgan fingerprint density at radius 1 is 1.24 bits per heavy atom. The van der Waals surface area contributed by atoms with E-state index in [1.807, 2.05) is 38.1 Å². The Morgan fingerprint density at radius 2 is 2.03 bits per heavy atom. The van der Waals surface area contributed by atoms with Gasteiger partial charge in [0.1, 0.15) is 16.9 Å². The van der Waals surface area contributed by atoms with Crippen molar-refractivity contribution >= 4 is 33.3 Å². The van der Waals surface area contributed by atoms with Crippen LogP contribution in [0.25, 0.3) is 20.8 Å². The van der Waals surface area contributed by atoms with Crippen LogP contribution >= 0.6 is 11.3 Å². The van der Waals surface area contributed by atoms with Gasteiger partial charge in [-0.25, -0.2) is 9.97 Å². The molecule has 1 aliphatic heterocycles. The molecule has 0 spiro atoms. The Balaban J connectivity index is 1.49. The molecular weight excluding hydrogens is 390 g/mol. The molecule has 29 heavy (non-hydrogen) atoms. The molecule has 2 aromatic heterocycles. The van der Waals surface area contributed by atoms with E-state index in [4.69, 9.17) is 20.2 Å². The Morgan fingerprint density at radius 3 is 2.83 bits per heavy atom. The van der Waals surface area contributed by atoms with Gasteiger partial charge in [-0.1, -0.05) is 12.1 Å². The lowest BCUT2D eigenvalue weighted by Crippen LogP contribution is -2.34. The number of nitrogens with two attached hydrogens (primary N) is 1. The van der Waals surface area contributed by atoms with Crippen LogP contribution < -0.4 is 11.1 Å². The molecule has 2 aliphatic rings. The van der Waals surface area contributed by atoms with Crippen molar-refractivity contribution in [1.82, 2.24) is 15.0 Å². The van der Waals surface area contributed by atoms with Crippen molar-refractivity contribution in [1.29, 1.82) is 0 Å². The van der Waals surface area contributed by atoms with E-state index in [1.54, 1.807) is 17.5 Å². The summed E-state index contributed by atoms with van der Waals surface area (Å²) in [7, 11) is 0. The molecule has 3 aromatic rings. The third-order valence-electron chi connectivity index (χ3n) is 5.47. The first-order valence-corrected chi connectivity index (χ1v) is 10.5. The fraction of sp³-hybridized carbons (Fsp3) is 0.450. The number of aliphatic hydroxyl groups excluding tert-OH is 1. The van der Waals surface area contributed by atoms with E-state index < -0.39 is 5.79 Å². The van der Waals surface area contributed by atoms with Crippen LogP contribution in [0.5, 0.6) is 0 Å². The van der Waals surface area contributed by atoms with Gasteiger partial charge < -0.3 is 25.6 Å². The Hall–Kier alpha value is -2.33. The molecular formula is C20H23N5O3S. The third-order valence-corrected chi connectivity index (χ3v) is 6.54. The predicted octanol–water partition coefficient (Wildman–Crippen LogP) is 2.65. The number of fused-ring (bicyclic) bond motifs is 2. The fourth-order valence-electron chi connectivity index (χ4n) is 4.23. The minimum atomic E-state index is -0.677. The number of hydrogen-bond donors (Lipinski definition) is 3. The number of benzene rings is 1. The van der Waals surface area contributed by atoms with Gasteiger partial charge in [0.2, 0.25) is 5.95 Å². The molecule has 0 unspecified atom stereocenters. The van der Waals surface area contributed by atoms with Crippen LogP contribution in [0.15, 0.2) is 30.5 Å². The van der Waals surface area contributed by atoms with Crippen molar-refractivity contribution in [3.8, 4) is 10.6 Å². The quantitative estimate of drug-likeness (QED) is 0.598. The molecule has 1 aliphatic carbocycles. The van der Waals surface area contributed by atoms with Crippen molar-refractivity contribution < 1.29 is 14.6 Å². The molecule has 1 saturated heterocycles. The number of para-hydroxylation sites is 1. The maximum absolute atomic E-state index is 9.81. The van der Waals surface area contributed by atoms with Gasteiger partial charge >= 0.3 is 0 Å². The van der Waals surface area contributed by atoms with Gasteiger partial charge in [-0.15, -0.1) is 11.3 Å². The SMILES string of the molecule is CC1(C)O[C@@H]2[C@@H](CO)C[C@@H](Nc3nc(N)ncc3-c3nc4ccccc4s3)[C@@H]2O1. The summed E-state index contributed by atoms with van der Waals surface area (Å²) in [5.41, 5.74) is 7.61. The summed E-state index contributed by atoms with van der Waals surface area (Å²) in [6.45, 7) is 3.84. The molecule has 2 fully saturated rings. The van der Waals surface area contributed by atoms with Gasteiger partial charge in [0.25, 0.3) is 0 Å². The van der Waals surface area contributed by atoms with Crippen LogP contribution in [-0.2, 0) is 9.47 Å². The molecule has 1 saturated carbocycles. The van der Waals surface area contributed by atoms with Crippen LogP contribution in [0.1, 0.15) is 20.3 Å². The highest BCUT2D eigenvalue weighted by Crippen LogP contribution is 2.43. The lowest BCUT2D eigenvalue weighted by Gasteiger charge is -2.24. The number of aliphatic hydroxyl groups is 1. The minimum Gasteiger partial charge on any atom is -0.396 e. The molecule has 9 heteroatoms. The standard InChI is InChI=1S/C20H23N5O3S/c1-20(2)27-15-10(9-26)7-13(16(15)28-20)23-17-11(8-22-19(21)25-17)18-24-12-5-3-4-6-14(12)29-18/h3-6,8,10,13,15-16,26H,7,9H2,1-2H3,(H3,21,22,23,25)/t10-,13-,15-,16+/m1/s1. The highest BCUT2D eigenvalue weighted by molar-refractivity contribution is 7.21. The Bertz CT molecular complexity index is 1020. The fourth-order valence-corrected chi connectivity index (χ4v) is 5.21. The van der Waals surface area contributed by atoms with E-state index in [9.17, 15) is 5.11 Å². The van der Waals surface area contributed by atoms with Gasteiger partial charge in [0, 0.05) is 18.7 Å². The molecule has 1 aromatic carbocycles. The zero-order chi connectivity index (χ0) is 20.2. The Labute approximate surface area is 172 Å². The summed E-state index contributed by atoms with van der Waals surface area (Å²) in [5, 5.41) is 14.1. The van der Waals surface area contributed by atoms with Crippen LogP contribution in [0.2, 0.25) is 0 Å². The lowest BCUT2D eigenvalue weighted by atomic mass is 10.1. The first-order chi connectivity index (χ1) is 13.9. The van der Waals surface area contributed by atoms with Crippen molar-refractivity contribution in [3.63, 3.8) is 0 Å². The average molecular weight is 414 g/mol. The Kier molecular flexibility index (Phi) is 4.43. The minimum absolute atomic E-state index is 0.00404. The number of nitrogens with zero attached hydrogens (tertiary/aromatic N) is 3. The molecule has 4 atom stereocenters. The van der Waals surface area contributed by atoms with Gasteiger partial charge in [0.05, 0.1) is 27.9 Å². The second-order valence-electron chi connectivity index (χ2n) is 7.97. The molecule has 0 bridgehead atoms. The van der Waals surface area contributed by atoms with E-state index in [0.717, 1.165) is 20.8 Å². The molecule has 4 N–H and O–H groups in total. The van der Waals surface area contributed by atoms with Crippen LogP contribution in [0.4, 0.5) is 11.8 Å². The van der Waals surface area contributed by atoms with Crippen LogP contribution in [0.3, 0.4) is 0 Å².